The molecule has 1 aromatic carbocycles. The summed E-state index contributed by atoms with van der Waals surface area (Å²) >= 11 is 7.89. The van der Waals surface area contributed by atoms with E-state index in [0.717, 1.165) is 43.4 Å². The van der Waals surface area contributed by atoms with Gasteiger partial charge in [-0.1, -0.05) is 11.6 Å². The van der Waals surface area contributed by atoms with Crippen LogP contribution in [0.3, 0.4) is 0 Å². The van der Waals surface area contributed by atoms with Crippen molar-refractivity contribution in [3.05, 3.63) is 28.8 Å². The average molecular weight is 341 g/mol. The van der Waals surface area contributed by atoms with Gasteiger partial charge in [-0.15, -0.1) is 11.8 Å². The summed E-state index contributed by atoms with van der Waals surface area (Å²) in [7, 11) is 0. The number of carbonyl (C=O) groups excluding carboxylic acids is 1. The molecule has 1 saturated carbocycles. The summed E-state index contributed by atoms with van der Waals surface area (Å²) in [5, 5.41) is 16.3. The minimum atomic E-state index is -0.203. The maximum absolute atomic E-state index is 12.2. The Kier molecular flexibility index (Phi) is 5.16. The molecule has 2 amide bonds. The van der Waals surface area contributed by atoms with E-state index in [1.54, 1.807) is 11.8 Å². The fourth-order valence-electron chi connectivity index (χ4n) is 3.12. The van der Waals surface area contributed by atoms with Crippen LogP contribution in [0.4, 0.5) is 4.79 Å². The smallest absolute Gasteiger partial charge is 0.315 e. The molecule has 1 aromatic rings. The van der Waals surface area contributed by atoms with Crippen LogP contribution in [0.1, 0.15) is 43.7 Å². The zero-order valence-electron chi connectivity index (χ0n) is 12.3. The van der Waals surface area contributed by atoms with E-state index in [-0.39, 0.29) is 24.2 Å². The monoisotopic (exact) mass is 340 g/mol. The van der Waals surface area contributed by atoms with Gasteiger partial charge in [0.05, 0.1) is 12.1 Å². The molecule has 0 bridgehead atoms. The molecule has 4 nitrogen and oxygen atoms in total. The number of nitrogens with one attached hydrogen (secondary N) is 2. The van der Waals surface area contributed by atoms with Crippen LogP contribution in [-0.2, 0) is 0 Å². The maximum Gasteiger partial charge on any atom is 0.315 e. The summed E-state index contributed by atoms with van der Waals surface area (Å²) in [4.78, 5) is 13.4. The van der Waals surface area contributed by atoms with Gasteiger partial charge in [0.15, 0.2) is 0 Å². The van der Waals surface area contributed by atoms with Crippen LogP contribution in [0.2, 0.25) is 5.02 Å². The third kappa shape index (κ3) is 3.89. The number of halogens is 1. The Morgan fingerprint density at radius 3 is 2.73 bits per heavy atom. The minimum absolute atomic E-state index is 0.0177. The lowest BCUT2D eigenvalue weighted by molar-refractivity contribution is 0.117. The number of aliphatic hydroxyl groups excluding tert-OH is 1. The predicted molar refractivity (Wildman–Crippen MR) is 89.5 cm³/mol. The lowest BCUT2D eigenvalue weighted by Gasteiger charge is -2.29. The third-order valence-electron chi connectivity index (χ3n) is 4.35. The van der Waals surface area contributed by atoms with E-state index in [2.05, 4.69) is 10.6 Å². The molecule has 0 spiro atoms. The molecule has 1 aliphatic carbocycles. The van der Waals surface area contributed by atoms with Crippen LogP contribution in [0.25, 0.3) is 0 Å². The molecular formula is C16H21ClN2O2S. The van der Waals surface area contributed by atoms with E-state index in [9.17, 15) is 9.90 Å². The Morgan fingerprint density at radius 2 is 1.95 bits per heavy atom. The number of rotatable bonds is 2. The number of aliphatic hydroxyl groups is 1. The van der Waals surface area contributed by atoms with E-state index in [0.29, 0.717) is 5.02 Å². The molecule has 3 N–H and O–H groups in total. The molecule has 22 heavy (non-hydrogen) atoms. The molecule has 2 aliphatic rings. The lowest BCUT2D eigenvalue weighted by Crippen LogP contribution is -2.45. The van der Waals surface area contributed by atoms with Gasteiger partial charge in [0.1, 0.15) is 0 Å². The Labute approximate surface area is 140 Å². The molecule has 3 rings (SSSR count). The molecule has 1 fully saturated rings. The van der Waals surface area contributed by atoms with Crippen LogP contribution in [-0.4, -0.2) is 29.0 Å². The highest BCUT2D eigenvalue weighted by Gasteiger charge is 2.25. The summed E-state index contributed by atoms with van der Waals surface area (Å²) < 4.78 is 0. The van der Waals surface area contributed by atoms with Gasteiger partial charge in [-0.3, -0.25) is 0 Å². The summed E-state index contributed by atoms with van der Waals surface area (Å²) in [6.07, 6.45) is 3.93. The minimum Gasteiger partial charge on any atom is -0.393 e. The van der Waals surface area contributed by atoms with Gasteiger partial charge >= 0.3 is 6.03 Å². The van der Waals surface area contributed by atoms with E-state index < -0.39 is 0 Å². The van der Waals surface area contributed by atoms with Gasteiger partial charge in [0.2, 0.25) is 0 Å². The standard InChI is InChI=1S/C16H21ClN2O2S/c17-10-1-6-15-13(9-10)14(7-8-22-15)19-16(21)18-11-2-4-12(20)5-3-11/h1,6,9,11-12,14,20H,2-5,7-8H2,(H2,18,19,21). The number of hydrogen-bond donors (Lipinski definition) is 3. The first-order chi connectivity index (χ1) is 10.6. The van der Waals surface area contributed by atoms with E-state index in [1.807, 2.05) is 18.2 Å². The van der Waals surface area contributed by atoms with Gasteiger partial charge < -0.3 is 15.7 Å². The molecule has 1 atom stereocenters. The molecule has 1 aliphatic heterocycles. The molecular weight excluding hydrogens is 320 g/mol. The third-order valence-corrected chi connectivity index (χ3v) is 5.71. The van der Waals surface area contributed by atoms with E-state index >= 15 is 0 Å². The highest BCUT2D eigenvalue weighted by atomic mass is 35.5. The first-order valence-electron chi connectivity index (χ1n) is 7.79. The molecule has 0 radical (unpaired) electrons. The van der Waals surface area contributed by atoms with Gasteiger partial charge in [-0.2, -0.15) is 0 Å². The largest absolute Gasteiger partial charge is 0.393 e. The van der Waals surface area contributed by atoms with Crippen molar-refractivity contribution in [2.24, 2.45) is 0 Å². The Balaban J connectivity index is 1.59. The number of hydrogen-bond acceptors (Lipinski definition) is 3. The first-order valence-corrected chi connectivity index (χ1v) is 9.15. The van der Waals surface area contributed by atoms with Crippen molar-refractivity contribution in [3.8, 4) is 0 Å². The van der Waals surface area contributed by atoms with Crippen molar-refractivity contribution in [2.45, 2.75) is 55.2 Å². The quantitative estimate of drug-likeness (QED) is 0.772. The number of urea groups is 1. The molecule has 0 saturated heterocycles. The van der Waals surface area contributed by atoms with Gasteiger partial charge in [-0.25, -0.2) is 4.79 Å². The maximum atomic E-state index is 12.2. The first kappa shape index (κ1) is 16.0. The number of carbonyl (C=O) groups is 1. The molecule has 1 heterocycles. The van der Waals surface area contributed by atoms with E-state index in [4.69, 9.17) is 11.6 Å². The summed E-state index contributed by atoms with van der Waals surface area (Å²) in [6, 6.07) is 5.93. The summed E-state index contributed by atoms with van der Waals surface area (Å²) in [6.45, 7) is 0. The molecule has 6 heteroatoms. The van der Waals surface area contributed by atoms with Crippen LogP contribution in [0.5, 0.6) is 0 Å². The number of thioether (sulfide) groups is 1. The Morgan fingerprint density at radius 1 is 1.18 bits per heavy atom. The Bertz CT molecular complexity index is 547. The number of benzene rings is 1. The van der Waals surface area contributed by atoms with Crippen molar-refractivity contribution in [3.63, 3.8) is 0 Å². The predicted octanol–water partition coefficient (Wildman–Crippen LogP) is 3.48. The molecule has 120 valence electrons. The van der Waals surface area contributed by atoms with Crippen LogP contribution >= 0.6 is 23.4 Å². The second-order valence-electron chi connectivity index (χ2n) is 6.00. The van der Waals surface area contributed by atoms with E-state index in [1.165, 1.54) is 4.90 Å². The van der Waals surface area contributed by atoms with Crippen molar-refractivity contribution < 1.29 is 9.90 Å². The fraction of sp³-hybridized carbons (Fsp3) is 0.562. The summed E-state index contributed by atoms with van der Waals surface area (Å²) in [5.41, 5.74) is 1.11. The highest BCUT2D eigenvalue weighted by molar-refractivity contribution is 7.99. The second kappa shape index (κ2) is 7.11. The molecule has 1 unspecified atom stereocenters. The van der Waals surface area contributed by atoms with Crippen LogP contribution < -0.4 is 10.6 Å². The Hall–Kier alpha value is -0.910. The van der Waals surface area contributed by atoms with Gasteiger partial charge in [-0.05, 0) is 55.9 Å². The fourth-order valence-corrected chi connectivity index (χ4v) is 4.41. The number of amides is 2. The van der Waals surface area contributed by atoms with Crippen LogP contribution in [0.15, 0.2) is 23.1 Å². The topological polar surface area (TPSA) is 61.4 Å². The van der Waals surface area contributed by atoms with Gasteiger partial charge in [0, 0.05) is 21.7 Å². The van der Waals surface area contributed by atoms with Crippen molar-refractivity contribution in [1.29, 1.82) is 0 Å². The van der Waals surface area contributed by atoms with Crippen LogP contribution in [0, 0.1) is 0 Å². The number of fused-ring (bicyclic) bond motifs is 1. The van der Waals surface area contributed by atoms with Crippen molar-refractivity contribution in [1.82, 2.24) is 10.6 Å². The zero-order valence-corrected chi connectivity index (χ0v) is 13.9. The van der Waals surface area contributed by atoms with Gasteiger partial charge in [0.25, 0.3) is 0 Å². The SMILES string of the molecule is O=C(NC1CCC(O)CC1)NC1CCSc2ccc(Cl)cc21. The normalized spacial score (nSPS) is 27.8. The lowest BCUT2D eigenvalue weighted by atomic mass is 9.93. The second-order valence-corrected chi connectivity index (χ2v) is 7.57. The highest BCUT2D eigenvalue weighted by Crippen LogP contribution is 2.37. The van der Waals surface area contributed by atoms with Crippen molar-refractivity contribution >= 4 is 29.4 Å². The summed E-state index contributed by atoms with van der Waals surface area (Å²) in [5.74, 6) is 0.995. The zero-order chi connectivity index (χ0) is 15.5. The molecule has 0 aromatic heterocycles. The average Bonchev–Trinajstić information content (AvgIpc) is 2.50. The van der Waals surface area contributed by atoms with Crippen molar-refractivity contribution in [2.75, 3.05) is 5.75 Å².